The van der Waals surface area contributed by atoms with E-state index in [-0.39, 0.29) is 24.7 Å². The number of anilines is 1. The van der Waals surface area contributed by atoms with Crippen LogP contribution in [0.4, 0.5) is 5.82 Å². The highest BCUT2D eigenvalue weighted by Gasteiger charge is 2.32. The number of rotatable bonds is 2. The second kappa shape index (κ2) is 2.92. The fraction of sp³-hybridized carbons (Fsp3) is 0.500. The molecule has 0 atom stereocenters. The van der Waals surface area contributed by atoms with Gasteiger partial charge < -0.3 is 0 Å². The molecule has 1 aromatic heterocycles. The van der Waals surface area contributed by atoms with Crippen LogP contribution in [-0.4, -0.2) is 28.4 Å². The van der Waals surface area contributed by atoms with Gasteiger partial charge in [0.25, 0.3) is 0 Å². The van der Waals surface area contributed by atoms with Crippen LogP contribution in [-0.2, 0) is 9.59 Å². The van der Waals surface area contributed by atoms with Crippen molar-refractivity contribution in [1.82, 2.24) is 10.2 Å². The molecule has 2 heterocycles. The van der Waals surface area contributed by atoms with E-state index in [1.54, 1.807) is 0 Å². The first-order valence-electron chi connectivity index (χ1n) is 5.11. The topological polar surface area (TPSA) is 66.1 Å². The maximum absolute atomic E-state index is 11.4. The van der Waals surface area contributed by atoms with E-state index < -0.39 is 0 Å². The molecule has 0 unspecified atom stereocenters. The van der Waals surface area contributed by atoms with Crippen LogP contribution < -0.4 is 4.90 Å². The number of nitrogens with zero attached hydrogens (tertiary/aromatic N) is 2. The molecule has 1 N–H and O–H groups in total. The van der Waals surface area contributed by atoms with Crippen molar-refractivity contribution in [3.63, 3.8) is 0 Å². The molecule has 15 heavy (non-hydrogen) atoms. The molecule has 0 aromatic carbocycles. The fourth-order valence-corrected chi connectivity index (χ4v) is 1.86. The molecule has 2 aliphatic rings. The van der Waals surface area contributed by atoms with E-state index in [4.69, 9.17) is 0 Å². The summed E-state index contributed by atoms with van der Waals surface area (Å²) in [5.41, 5.74) is 1.08. The normalized spacial score (nSPS) is 21.5. The van der Waals surface area contributed by atoms with E-state index in [9.17, 15) is 9.59 Å². The Hall–Kier alpha value is -1.65. The van der Waals surface area contributed by atoms with E-state index in [1.165, 1.54) is 17.7 Å². The van der Waals surface area contributed by atoms with Crippen molar-refractivity contribution >= 4 is 17.5 Å². The molecule has 1 aliphatic heterocycles. The van der Waals surface area contributed by atoms with Crippen molar-refractivity contribution in [2.45, 2.75) is 25.2 Å². The van der Waals surface area contributed by atoms with Crippen LogP contribution in [0.25, 0.3) is 0 Å². The predicted octanol–water partition coefficient (Wildman–Crippen LogP) is 0.593. The number of Topliss-reactive ketones (excluding diaryl/α,β-unsaturated/α-hetero) is 1. The summed E-state index contributed by atoms with van der Waals surface area (Å²) < 4.78 is 0. The molecular weight excluding hydrogens is 194 g/mol. The minimum Gasteiger partial charge on any atom is -0.297 e. The van der Waals surface area contributed by atoms with Crippen molar-refractivity contribution in [2.75, 3.05) is 11.4 Å². The zero-order valence-electron chi connectivity index (χ0n) is 8.19. The third kappa shape index (κ3) is 1.44. The zero-order chi connectivity index (χ0) is 10.4. The largest absolute Gasteiger partial charge is 0.297 e. The molecule has 0 bridgehead atoms. The molecule has 3 rings (SSSR count). The predicted molar refractivity (Wildman–Crippen MR) is 52.5 cm³/mol. The SMILES string of the molecule is O=C1CC(=O)N(c2cc(C3CC3)[nH]n2)C1. The summed E-state index contributed by atoms with van der Waals surface area (Å²) in [6.45, 7) is 0.174. The number of amides is 1. The van der Waals surface area contributed by atoms with Crippen LogP contribution in [0.2, 0.25) is 0 Å². The second-order valence-corrected chi connectivity index (χ2v) is 4.15. The molecule has 1 amide bonds. The Morgan fingerprint density at radius 1 is 1.40 bits per heavy atom. The molecule has 1 aliphatic carbocycles. The first-order chi connectivity index (χ1) is 7.24. The minimum absolute atomic E-state index is 0.0195. The molecule has 1 aromatic rings. The van der Waals surface area contributed by atoms with Gasteiger partial charge in [0.05, 0.1) is 13.0 Å². The van der Waals surface area contributed by atoms with Crippen LogP contribution in [0.1, 0.15) is 30.9 Å². The number of hydrogen-bond donors (Lipinski definition) is 1. The standard InChI is InChI=1S/C10H11N3O2/c14-7-3-10(15)13(5-7)9-4-8(11-12-9)6-1-2-6/h4,6H,1-3,5H2,(H,11,12). The van der Waals surface area contributed by atoms with E-state index >= 15 is 0 Å². The monoisotopic (exact) mass is 205 g/mol. The van der Waals surface area contributed by atoms with Crippen LogP contribution in [0, 0.1) is 0 Å². The van der Waals surface area contributed by atoms with Gasteiger partial charge in [-0.25, -0.2) is 0 Å². The average molecular weight is 205 g/mol. The lowest BCUT2D eigenvalue weighted by Crippen LogP contribution is -2.24. The molecule has 1 saturated carbocycles. The van der Waals surface area contributed by atoms with Crippen molar-refractivity contribution in [3.8, 4) is 0 Å². The Balaban J connectivity index is 1.85. The lowest BCUT2D eigenvalue weighted by atomic mass is 10.3. The van der Waals surface area contributed by atoms with Crippen LogP contribution in [0.5, 0.6) is 0 Å². The molecule has 2 fully saturated rings. The Morgan fingerprint density at radius 3 is 2.80 bits per heavy atom. The highest BCUT2D eigenvalue weighted by Crippen LogP contribution is 2.40. The van der Waals surface area contributed by atoms with Crippen molar-refractivity contribution in [3.05, 3.63) is 11.8 Å². The number of H-pyrrole nitrogens is 1. The van der Waals surface area contributed by atoms with Gasteiger partial charge in [-0.2, -0.15) is 5.10 Å². The van der Waals surface area contributed by atoms with Gasteiger partial charge in [-0.3, -0.25) is 19.6 Å². The second-order valence-electron chi connectivity index (χ2n) is 4.15. The van der Waals surface area contributed by atoms with Crippen LogP contribution in [0.3, 0.4) is 0 Å². The van der Waals surface area contributed by atoms with Gasteiger partial charge in [0.1, 0.15) is 0 Å². The van der Waals surface area contributed by atoms with E-state index in [0.29, 0.717) is 11.7 Å². The van der Waals surface area contributed by atoms with Crippen LogP contribution >= 0.6 is 0 Å². The van der Waals surface area contributed by atoms with E-state index in [2.05, 4.69) is 10.2 Å². The third-order valence-electron chi connectivity index (χ3n) is 2.86. The molecule has 0 radical (unpaired) electrons. The van der Waals surface area contributed by atoms with E-state index in [0.717, 1.165) is 5.69 Å². The van der Waals surface area contributed by atoms with Crippen molar-refractivity contribution in [2.24, 2.45) is 0 Å². The van der Waals surface area contributed by atoms with Gasteiger partial charge in [-0.1, -0.05) is 0 Å². The summed E-state index contributed by atoms with van der Waals surface area (Å²) in [7, 11) is 0. The number of ketones is 1. The molecule has 1 saturated heterocycles. The summed E-state index contributed by atoms with van der Waals surface area (Å²) in [6.07, 6.45) is 2.40. The maximum Gasteiger partial charge on any atom is 0.236 e. The average Bonchev–Trinajstić information content (AvgIpc) is 2.83. The Bertz CT molecular complexity index is 434. The number of hydrogen-bond acceptors (Lipinski definition) is 3. The quantitative estimate of drug-likeness (QED) is 0.719. The van der Waals surface area contributed by atoms with Gasteiger partial charge in [0.15, 0.2) is 11.6 Å². The number of nitrogens with one attached hydrogen (secondary N) is 1. The number of aromatic nitrogens is 2. The summed E-state index contributed by atoms with van der Waals surface area (Å²) in [4.78, 5) is 24.0. The summed E-state index contributed by atoms with van der Waals surface area (Å²) in [6, 6.07) is 1.88. The minimum atomic E-state index is -0.145. The highest BCUT2D eigenvalue weighted by molar-refractivity contribution is 6.14. The maximum atomic E-state index is 11.4. The number of carbonyl (C=O) groups is 2. The first-order valence-corrected chi connectivity index (χ1v) is 5.11. The smallest absolute Gasteiger partial charge is 0.236 e. The van der Waals surface area contributed by atoms with Gasteiger partial charge in [-0.15, -0.1) is 0 Å². The third-order valence-corrected chi connectivity index (χ3v) is 2.86. The van der Waals surface area contributed by atoms with Crippen LogP contribution in [0.15, 0.2) is 6.07 Å². The molecule has 78 valence electrons. The lowest BCUT2D eigenvalue weighted by molar-refractivity contribution is -0.121. The Kier molecular flexibility index (Phi) is 1.68. The lowest BCUT2D eigenvalue weighted by Gasteiger charge is -2.09. The Labute approximate surface area is 86.5 Å². The molecule has 5 nitrogen and oxygen atoms in total. The van der Waals surface area contributed by atoms with Crippen molar-refractivity contribution in [1.29, 1.82) is 0 Å². The number of carbonyl (C=O) groups excluding carboxylic acids is 2. The molecule has 5 heteroatoms. The molecular formula is C10H11N3O2. The summed E-state index contributed by atoms with van der Waals surface area (Å²) in [5, 5.41) is 7.00. The summed E-state index contributed by atoms with van der Waals surface area (Å²) in [5.74, 6) is 0.997. The van der Waals surface area contributed by atoms with Gasteiger partial charge in [0, 0.05) is 17.7 Å². The highest BCUT2D eigenvalue weighted by atomic mass is 16.2. The Morgan fingerprint density at radius 2 is 2.20 bits per heavy atom. The first kappa shape index (κ1) is 8.64. The number of aromatic amines is 1. The van der Waals surface area contributed by atoms with Crippen molar-refractivity contribution < 1.29 is 9.59 Å². The van der Waals surface area contributed by atoms with Gasteiger partial charge >= 0.3 is 0 Å². The molecule has 0 spiro atoms. The van der Waals surface area contributed by atoms with Gasteiger partial charge in [-0.05, 0) is 12.8 Å². The fourth-order valence-electron chi connectivity index (χ4n) is 1.86. The van der Waals surface area contributed by atoms with E-state index in [1.807, 2.05) is 6.07 Å². The van der Waals surface area contributed by atoms with Gasteiger partial charge in [0.2, 0.25) is 5.91 Å². The zero-order valence-corrected chi connectivity index (χ0v) is 8.19. The summed E-state index contributed by atoms with van der Waals surface area (Å²) >= 11 is 0.